The third-order valence-corrected chi connectivity index (χ3v) is 3.22. The maximum atomic E-state index is 5.50. The Morgan fingerprint density at radius 1 is 1.38 bits per heavy atom. The summed E-state index contributed by atoms with van der Waals surface area (Å²) < 4.78 is 6.29. The van der Waals surface area contributed by atoms with E-state index in [0.717, 1.165) is 36.6 Å². The average molecular weight is 289 g/mol. The standard InChI is InChI=1S/C12H21BrN2O/c1-4-15(5-2)9-8-14-10(3)11-6-7-12(13)16-11/h6-7,10,14H,4-5,8-9H2,1-3H3/t10-/m1/s1. The monoisotopic (exact) mass is 288 g/mol. The van der Waals surface area contributed by atoms with Crippen LogP contribution in [0.1, 0.15) is 32.6 Å². The van der Waals surface area contributed by atoms with Crippen molar-refractivity contribution in [3.8, 4) is 0 Å². The molecule has 0 saturated carbocycles. The van der Waals surface area contributed by atoms with Crippen LogP contribution in [0.4, 0.5) is 0 Å². The van der Waals surface area contributed by atoms with E-state index in [2.05, 4.69) is 46.9 Å². The highest BCUT2D eigenvalue weighted by molar-refractivity contribution is 9.10. The van der Waals surface area contributed by atoms with E-state index in [9.17, 15) is 0 Å². The van der Waals surface area contributed by atoms with Crippen molar-refractivity contribution in [2.45, 2.75) is 26.8 Å². The maximum absolute atomic E-state index is 5.50. The first-order valence-electron chi connectivity index (χ1n) is 5.88. The summed E-state index contributed by atoms with van der Waals surface area (Å²) in [5, 5.41) is 3.46. The molecule has 0 spiro atoms. The fourth-order valence-electron chi connectivity index (χ4n) is 1.64. The first-order valence-corrected chi connectivity index (χ1v) is 6.67. The molecule has 0 aliphatic carbocycles. The number of rotatable bonds is 7. The highest BCUT2D eigenvalue weighted by Gasteiger charge is 2.09. The number of furan rings is 1. The molecular formula is C12H21BrN2O. The quantitative estimate of drug-likeness (QED) is 0.836. The number of likely N-dealkylation sites (N-methyl/N-ethyl adjacent to an activating group) is 1. The van der Waals surface area contributed by atoms with Gasteiger partial charge in [0.05, 0.1) is 6.04 Å². The predicted molar refractivity (Wildman–Crippen MR) is 70.6 cm³/mol. The molecule has 0 unspecified atom stereocenters. The van der Waals surface area contributed by atoms with Crippen molar-refractivity contribution in [3.05, 3.63) is 22.6 Å². The third-order valence-electron chi connectivity index (χ3n) is 2.79. The van der Waals surface area contributed by atoms with E-state index in [1.165, 1.54) is 0 Å². The van der Waals surface area contributed by atoms with Crippen LogP contribution < -0.4 is 5.32 Å². The maximum Gasteiger partial charge on any atom is 0.169 e. The van der Waals surface area contributed by atoms with Crippen molar-refractivity contribution in [1.29, 1.82) is 0 Å². The number of hydrogen-bond donors (Lipinski definition) is 1. The summed E-state index contributed by atoms with van der Waals surface area (Å²) in [5.74, 6) is 0.978. The Kier molecular flexibility index (Phi) is 6.09. The zero-order valence-corrected chi connectivity index (χ0v) is 11.9. The lowest BCUT2D eigenvalue weighted by Crippen LogP contribution is -2.32. The van der Waals surface area contributed by atoms with Crippen LogP contribution in [-0.4, -0.2) is 31.1 Å². The number of nitrogens with one attached hydrogen (secondary N) is 1. The van der Waals surface area contributed by atoms with Crippen LogP contribution in [0, 0.1) is 0 Å². The van der Waals surface area contributed by atoms with Crippen molar-refractivity contribution < 1.29 is 4.42 Å². The van der Waals surface area contributed by atoms with E-state index in [4.69, 9.17) is 4.42 Å². The molecule has 4 heteroatoms. The van der Waals surface area contributed by atoms with Crippen molar-refractivity contribution in [2.24, 2.45) is 0 Å². The smallest absolute Gasteiger partial charge is 0.169 e. The molecule has 0 bridgehead atoms. The van der Waals surface area contributed by atoms with Crippen molar-refractivity contribution >= 4 is 15.9 Å². The van der Waals surface area contributed by atoms with Gasteiger partial charge in [-0.1, -0.05) is 13.8 Å². The fourth-order valence-corrected chi connectivity index (χ4v) is 1.96. The Labute approximate surface area is 106 Å². The van der Waals surface area contributed by atoms with E-state index in [1.54, 1.807) is 0 Å². The molecular weight excluding hydrogens is 268 g/mol. The first kappa shape index (κ1) is 13.7. The second-order valence-corrected chi connectivity index (χ2v) is 4.63. The lowest BCUT2D eigenvalue weighted by molar-refractivity contribution is 0.293. The Bertz CT molecular complexity index is 297. The summed E-state index contributed by atoms with van der Waals surface area (Å²) in [4.78, 5) is 2.40. The molecule has 0 aliphatic heterocycles. The summed E-state index contributed by atoms with van der Waals surface area (Å²) in [5.41, 5.74) is 0. The van der Waals surface area contributed by atoms with Crippen LogP contribution in [-0.2, 0) is 0 Å². The van der Waals surface area contributed by atoms with E-state index in [1.807, 2.05) is 12.1 Å². The molecule has 1 heterocycles. The number of halogens is 1. The lowest BCUT2D eigenvalue weighted by atomic mass is 10.2. The van der Waals surface area contributed by atoms with Crippen LogP contribution in [0.2, 0.25) is 0 Å². The lowest BCUT2D eigenvalue weighted by Gasteiger charge is -2.19. The van der Waals surface area contributed by atoms with E-state index in [0.29, 0.717) is 0 Å². The molecule has 1 aromatic heterocycles. The van der Waals surface area contributed by atoms with Crippen molar-refractivity contribution in [2.75, 3.05) is 26.2 Å². The van der Waals surface area contributed by atoms with E-state index in [-0.39, 0.29) is 6.04 Å². The molecule has 3 nitrogen and oxygen atoms in total. The van der Waals surface area contributed by atoms with Gasteiger partial charge in [-0.2, -0.15) is 0 Å². The minimum absolute atomic E-state index is 0.266. The summed E-state index contributed by atoms with van der Waals surface area (Å²) in [7, 11) is 0. The van der Waals surface area contributed by atoms with Gasteiger partial charge < -0.3 is 14.6 Å². The topological polar surface area (TPSA) is 28.4 Å². The van der Waals surface area contributed by atoms with Gasteiger partial charge in [-0.05, 0) is 48.1 Å². The zero-order valence-electron chi connectivity index (χ0n) is 10.3. The molecule has 1 N–H and O–H groups in total. The van der Waals surface area contributed by atoms with Gasteiger partial charge in [0, 0.05) is 13.1 Å². The average Bonchev–Trinajstić information content (AvgIpc) is 2.71. The first-order chi connectivity index (χ1) is 7.67. The van der Waals surface area contributed by atoms with Crippen LogP contribution in [0.15, 0.2) is 21.2 Å². The second-order valence-electron chi connectivity index (χ2n) is 3.84. The van der Waals surface area contributed by atoms with Gasteiger partial charge in [0.15, 0.2) is 4.67 Å². The van der Waals surface area contributed by atoms with Crippen LogP contribution in [0.5, 0.6) is 0 Å². The van der Waals surface area contributed by atoms with Crippen molar-refractivity contribution in [3.63, 3.8) is 0 Å². The molecule has 0 amide bonds. The minimum atomic E-state index is 0.266. The largest absolute Gasteiger partial charge is 0.453 e. The highest BCUT2D eigenvalue weighted by Crippen LogP contribution is 2.19. The highest BCUT2D eigenvalue weighted by atomic mass is 79.9. The van der Waals surface area contributed by atoms with Gasteiger partial charge in [0.1, 0.15) is 5.76 Å². The fraction of sp³-hybridized carbons (Fsp3) is 0.667. The third kappa shape index (κ3) is 4.28. The van der Waals surface area contributed by atoms with Crippen LogP contribution in [0.3, 0.4) is 0 Å². The molecule has 0 aromatic carbocycles. The molecule has 0 fully saturated rings. The van der Waals surface area contributed by atoms with Crippen LogP contribution >= 0.6 is 15.9 Å². The SMILES string of the molecule is CCN(CC)CCN[C@H](C)c1ccc(Br)o1. The molecule has 0 radical (unpaired) electrons. The Morgan fingerprint density at radius 3 is 2.56 bits per heavy atom. The summed E-state index contributed by atoms with van der Waals surface area (Å²) in [6.07, 6.45) is 0. The normalized spacial score (nSPS) is 13.3. The Hall–Kier alpha value is -0.320. The minimum Gasteiger partial charge on any atom is -0.453 e. The molecule has 0 aliphatic rings. The van der Waals surface area contributed by atoms with E-state index >= 15 is 0 Å². The van der Waals surface area contributed by atoms with Crippen LogP contribution in [0.25, 0.3) is 0 Å². The molecule has 1 atom stereocenters. The summed E-state index contributed by atoms with van der Waals surface area (Å²) in [6.45, 7) is 10.8. The van der Waals surface area contributed by atoms with Gasteiger partial charge in [-0.15, -0.1) is 0 Å². The Morgan fingerprint density at radius 2 is 2.06 bits per heavy atom. The summed E-state index contributed by atoms with van der Waals surface area (Å²) in [6, 6.07) is 4.19. The second kappa shape index (κ2) is 7.09. The van der Waals surface area contributed by atoms with Gasteiger partial charge >= 0.3 is 0 Å². The number of nitrogens with zero attached hydrogens (tertiary/aromatic N) is 1. The van der Waals surface area contributed by atoms with Crippen molar-refractivity contribution in [1.82, 2.24) is 10.2 Å². The van der Waals surface area contributed by atoms with Gasteiger partial charge in [0.2, 0.25) is 0 Å². The van der Waals surface area contributed by atoms with E-state index < -0.39 is 0 Å². The molecule has 0 saturated heterocycles. The molecule has 1 rings (SSSR count). The molecule has 16 heavy (non-hydrogen) atoms. The molecule has 92 valence electrons. The Balaban J connectivity index is 2.27. The van der Waals surface area contributed by atoms with Gasteiger partial charge in [-0.25, -0.2) is 0 Å². The molecule has 1 aromatic rings. The zero-order chi connectivity index (χ0) is 12.0. The van der Waals surface area contributed by atoms with Gasteiger partial charge in [0.25, 0.3) is 0 Å². The summed E-state index contributed by atoms with van der Waals surface area (Å²) >= 11 is 3.31. The predicted octanol–water partition coefficient (Wildman–Crippen LogP) is 3.03. The number of hydrogen-bond acceptors (Lipinski definition) is 3. The van der Waals surface area contributed by atoms with Gasteiger partial charge in [-0.3, -0.25) is 0 Å².